The minimum Gasteiger partial charge on any atom is -0.396 e. The lowest BCUT2D eigenvalue weighted by Crippen LogP contribution is -2.35. The first-order chi connectivity index (χ1) is 7.72. The largest absolute Gasteiger partial charge is 0.396 e. The molecule has 1 heterocycles. The lowest BCUT2D eigenvalue weighted by Gasteiger charge is -2.39. The van der Waals surface area contributed by atoms with E-state index in [0.29, 0.717) is 30.5 Å². The third-order valence-electron chi connectivity index (χ3n) is 4.80. The molecule has 0 spiro atoms. The highest BCUT2D eigenvalue weighted by Crippen LogP contribution is 2.43. The first kappa shape index (κ1) is 12.4. The Morgan fingerprint density at radius 3 is 2.81 bits per heavy atom. The molecule has 0 aromatic rings. The van der Waals surface area contributed by atoms with E-state index in [0.717, 1.165) is 12.5 Å². The van der Waals surface area contributed by atoms with Gasteiger partial charge < -0.3 is 9.84 Å². The Kier molecular flexibility index (Phi) is 4.26. The quantitative estimate of drug-likeness (QED) is 0.784. The molecule has 0 aromatic carbocycles. The molecule has 2 unspecified atom stereocenters. The van der Waals surface area contributed by atoms with Crippen molar-refractivity contribution >= 4 is 0 Å². The van der Waals surface area contributed by atoms with Crippen LogP contribution in [0.25, 0.3) is 0 Å². The van der Waals surface area contributed by atoms with E-state index in [4.69, 9.17) is 4.74 Å². The normalized spacial score (nSPS) is 42.2. The topological polar surface area (TPSA) is 29.5 Å². The number of fused-ring (bicyclic) bond motifs is 1. The molecular formula is C14H26O2. The van der Waals surface area contributed by atoms with Crippen molar-refractivity contribution in [3.63, 3.8) is 0 Å². The minimum atomic E-state index is 0.337. The number of hydrogen-bond acceptors (Lipinski definition) is 2. The van der Waals surface area contributed by atoms with Crippen molar-refractivity contribution in [1.29, 1.82) is 0 Å². The van der Waals surface area contributed by atoms with Crippen LogP contribution >= 0.6 is 0 Å². The summed E-state index contributed by atoms with van der Waals surface area (Å²) in [7, 11) is 0. The van der Waals surface area contributed by atoms with E-state index in [2.05, 4.69) is 13.8 Å². The highest BCUT2D eigenvalue weighted by atomic mass is 16.5. The van der Waals surface area contributed by atoms with Gasteiger partial charge in [0.15, 0.2) is 0 Å². The van der Waals surface area contributed by atoms with E-state index >= 15 is 0 Å². The van der Waals surface area contributed by atoms with E-state index < -0.39 is 0 Å². The van der Waals surface area contributed by atoms with Crippen molar-refractivity contribution < 1.29 is 9.84 Å². The fourth-order valence-electron chi connectivity index (χ4n) is 3.66. The molecule has 2 aliphatic rings. The summed E-state index contributed by atoms with van der Waals surface area (Å²) in [5.74, 6) is 2.71. The summed E-state index contributed by atoms with van der Waals surface area (Å²) in [6, 6.07) is 0. The van der Waals surface area contributed by atoms with Crippen LogP contribution in [0.2, 0.25) is 0 Å². The van der Waals surface area contributed by atoms with Crippen molar-refractivity contribution in [2.24, 2.45) is 23.7 Å². The molecule has 16 heavy (non-hydrogen) atoms. The summed E-state index contributed by atoms with van der Waals surface area (Å²) >= 11 is 0. The van der Waals surface area contributed by atoms with Crippen molar-refractivity contribution in [2.75, 3.05) is 13.2 Å². The van der Waals surface area contributed by atoms with E-state index in [9.17, 15) is 5.11 Å². The van der Waals surface area contributed by atoms with Gasteiger partial charge in [-0.25, -0.2) is 0 Å². The van der Waals surface area contributed by atoms with Crippen LogP contribution in [0.5, 0.6) is 0 Å². The van der Waals surface area contributed by atoms with Gasteiger partial charge in [-0.05, 0) is 49.9 Å². The van der Waals surface area contributed by atoms with E-state index in [1.54, 1.807) is 0 Å². The molecule has 2 rings (SSSR count). The number of aliphatic hydroxyl groups is 1. The summed E-state index contributed by atoms with van der Waals surface area (Å²) < 4.78 is 5.92. The maximum absolute atomic E-state index is 9.36. The Balaban J connectivity index is 2.04. The highest BCUT2D eigenvalue weighted by molar-refractivity contribution is 4.86. The monoisotopic (exact) mass is 226 g/mol. The Morgan fingerprint density at radius 2 is 2.06 bits per heavy atom. The molecule has 2 heteroatoms. The summed E-state index contributed by atoms with van der Waals surface area (Å²) in [6.45, 7) is 5.66. The molecule has 2 fully saturated rings. The van der Waals surface area contributed by atoms with Gasteiger partial charge in [-0.3, -0.25) is 0 Å². The zero-order valence-electron chi connectivity index (χ0n) is 10.7. The predicted molar refractivity (Wildman–Crippen MR) is 65.2 cm³/mol. The fourth-order valence-corrected chi connectivity index (χ4v) is 3.66. The summed E-state index contributed by atoms with van der Waals surface area (Å²) in [5.41, 5.74) is 0. The Hall–Kier alpha value is -0.0800. The maximum atomic E-state index is 9.36. The van der Waals surface area contributed by atoms with E-state index in [-0.39, 0.29) is 0 Å². The number of rotatable bonds is 2. The first-order valence-corrected chi connectivity index (χ1v) is 6.94. The molecule has 1 N–H and O–H groups in total. The van der Waals surface area contributed by atoms with Gasteiger partial charge in [0.05, 0.1) is 12.7 Å². The fraction of sp³-hybridized carbons (Fsp3) is 1.00. The second-order valence-electron chi connectivity index (χ2n) is 5.90. The van der Waals surface area contributed by atoms with Gasteiger partial charge in [0.25, 0.3) is 0 Å². The molecule has 94 valence electrons. The van der Waals surface area contributed by atoms with Crippen LogP contribution in [0.4, 0.5) is 0 Å². The Morgan fingerprint density at radius 1 is 1.25 bits per heavy atom. The molecule has 0 amide bonds. The molecule has 0 bridgehead atoms. The van der Waals surface area contributed by atoms with Gasteiger partial charge in [-0.2, -0.15) is 0 Å². The number of hydrogen-bond donors (Lipinski definition) is 1. The van der Waals surface area contributed by atoms with Crippen LogP contribution in [0.15, 0.2) is 0 Å². The summed E-state index contributed by atoms with van der Waals surface area (Å²) in [5, 5.41) is 9.36. The van der Waals surface area contributed by atoms with E-state index in [1.165, 1.54) is 32.1 Å². The minimum absolute atomic E-state index is 0.337. The first-order valence-electron chi connectivity index (χ1n) is 6.94. The number of aliphatic hydroxyl groups excluding tert-OH is 1. The van der Waals surface area contributed by atoms with Crippen LogP contribution in [-0.4, -0.2) is 24.4 Å². The van der Waals surface area contributed by atoms with Gasteiger partial charge in [-0.15, -0.1) is 0 Å². The molecular weight excluding hydrogens is 200 g/mol. The van der Waals surface area contributed by atoms with Crippen molar-refractivity contribution in [3.8, 4) is 0 Å². The van der Waals surface area contributed by atoms with Gasteiger partial charge in [0, 0.05) is 6.61 Å². The van der Waals surface area contributed by atoms with Crippen LogP contribution < -0.4 is 0 Å². The van der Waals surface area contributed by atoms with Crippen LogP contribution in [-0.2, 0) is 4.74 Å². The average Bonchev–Trinajstić information content (AvgIpc) is 2.50. The SMILES string of the molecule is C[C@H]1CCC2CCC[C@@H]([C@@H](C)CO)C2CO1. The molecule has 1 aliphatic heterocycles. The lowest BCUT2D eigenvalue weighted by atomic mass is 9.67. The number of ether oxygens (including phenoxy) is 1. The van der Waals surface area contributed by atoms with Crippen molar-refractivity contribution in [2.45, 2.75) is 52.1 Å². The van der Waals surface area contributed by atoms with Gasteiger partial charge in [0.1, 0.15) is 0 Å². The zero-order chi connectivity index (χ0) is 11.5. The second-order valence-corrected chi connectivity index (χ2v) is 5.90. The molecule has 0 aromatic heterocycles. The molecule has 2 nitrogen and oxygen atoms in total. The Bertz CT molecular complexity index is 217. The highest BCUT2D eigenvalue weighted by Gasteiger charge is 2.37. The van der Waals surface area contributed by atoms with Gasteiger partial charge in [0.2, 0.25) is 0 Å². The van der Waals surface area contributed by atoms with E-state index in [1.807, 2.05) is 0 Å². The summed E-state index contributed by atoms with van der Waals surface area (Å²) in [6.07, 6.45) is 7.03. The zero-order valence-corrected chi connectivity index (χ0v) is 10.7. The molecule has 1 aliphatic carbocycles. The molecule has 1 saturated heterocycles. The third kappa shape index (κ3) is 2.60. The maximum Gasteiger partial charge on any atom is 0.0547 e. The standard InChI is InChI=1S/C14H26O2/c1-10(8-15)13-5-3-4-12-7-6-11(2)16-9-14(12)13/h10-15H,3-9H2,1-2H3/t10-,11-,12?,13-,14?/m0/s1. The van der Waals surface area contributed by atoms with Crippen molar-refractivity contribution in [1.82, 2.24) is 0 Å². The van der Waals surface area contributed by atoms with Crippen LogP contribution in [0, 0.1) is 23.7 Å². The second kappa shape index (κ2) is 5.50. The van der Waals surface area contributed by atoms with Gasteiger partial charge >= 0.3 is 0 Å². The smallest absolute Gasteiger partial charge is 0.0547 e. The average molecular weight is 226 g/mol. The Labute approximate surface area is 99.4 Å². The predicted octanol–water partition coefficient (Wildman–Crippen LogP) is 2.85. The van der Waals surface area contributed by atoms with Gasteiger partial charge in [-0.1, -0.05) is 19.8 Å². The lowest BCUT2D eigenvalue weighted by molar-refractivity contribution is -0.00215. The van der Waals surface area contributed by atoms with Crippen molar-refractivity contribution in [3.05, 3.63) is 0 Å². The molecule has 0 radical (unpaired) electrons. The molecule has 1 saturated carbocycles. The summed E-state index contributed by atoms with van der Waals surface area (Å²) in [4.78, 5) is 0. The van der Waals surface area contributed by atoms with Crippen LogP contribution in [0.3, 0.4) is 0 Å². The molecule has 5 atom stereocenters. The third-order valence-corrected chi connectivity index (χ3v) is 4.80. The van der Waals surface area contributed by atoms with Crippen LogP contribution in [0.1, 0.15) is 46.0 Å².